The first kappa shape index (κ1) is 18.7. The number of carbonyl (C=O) groups is 1. The molecule has 1 saturated heterocycles. The molecule has 0 spiro atoms. The first-order valence-electron chi connectivity index (χ1n) is 8.71. The highest BCUT2D eigenvalue weighted by Crippen LogP contribution is 2.34. The van der Waals surface area contributed by atoms with Crippen LogP contribution >= 0.6 is 0 Å². The number of benzene rings is 1. The Bertz CT molecular complexity index is 597. The number of aliphatic hydroxyl groups is 1. The van der Waals surface area contributed by atoms with Gasteiger partial charge in [-0.2, -0.15) is 0 Å². The van der Waals surface area contributed by atoms with Crippen LogP contribution in [0.2, 0.25) is 0 Å². The molecular weight excluding hydrogens is 306 g/mol. The fraction of sp³-hybridized carbons (Fsp3) is 0.632. The van der Waals surface area contributed by atoms with Crippen molar-refractivity contribution < 1.29 is 19.7 Å². The molecule has 5 nitrogen and oxygen atoms in total. The molecule has 2 rings (SSSR count). The molecule has 24 heavy (non-hydrogen) atoms. The van der Waals surface area contributed by atoms with Gasteiger partial charge in [-0.1, -0.05) is 33.8 Å². The van der Waals surface area contributed by atoms with Crippen LogP contribution in [-0.2, 0) is 4.74 Å². The number of phenols is 1. The van der Waals surface area contributed by atoms with Gasteiger partial charge >= 0.3 is 0 Å². The van der Waals surface area contributed by atoms with Crippen molar-refractivity contribution in [2.75, 3.05) is 19.7 Å². The van der Waals surface area contributed by atoms with E-state index in [1.54, 1.807) is 11.0 Å². The summed E-state index contributed by atoms with van der Waals surface area (Å²) in [5, 5.41) is 20.6. The van der Waals surface area contributed by atoms with E-state index in [2.05, 4.69) is 13.8 Å². The van der Waals surface area contributed by atoms with E-state index in [4.69, 9.17) is 4.74 Å². The van der Waals surface area contributed by atoms with Gasteiger partial charge in [0.15, 0.2) is 0 Å². The molecule has 1 heterocycles. The predicted molar refractivity (Wildman–Crippen MR) is 93.6 cm³/mol. The topological polar surface area (TPSA) is 70.0 Å². The first-order chi connectivity index (χ1) is 11.3. The number of carbonyl (C=O) groups excluding carboxylic acids is 1. The lowest BCUT2D eigenvalue weighted by atomic mass is 9.91. The highest BCUT2D eigenvalue weighted by molar-refractivity contribution is 5.97. The molecular formula is C19H29NO4. The second-order valence-corrected chi connectivity index (χ2v) is 7.09. The van der Waals surface area contributed by atoms with Crippen molar-refractivity contribution in [2.24, 2.45) is 0 Å². The monoisotopic (exact) mass is 335 g/mol. The maximum absolute atomic E-state index is 12.9. The molecule has 134 valence electrons. The summed E-state index contributed by atoms with van der Waals surface area (Å²) < 4.78 is 5.48. The fourth-order valence-electron chi connectivity index (χ4n) is 3.09. The molecule has 1 amide bonds. The Morgan fingerprint density at radius 2 is 1.92 bits per heavy atom. The van der Waals surface area contributed by atoms with Gasteiger partial charge in [0.25, 0.3) is 5.91 Å². The van der Waals surface area contributed by atoms with Crippen LogP contribution in [-0.4, -0.2) is 52.9 Å². The molecule has 1 fully saturated rings. The molecule has 0 aromatic heterocycles. The third-order valence-corrected chi connectivity index (χ3v) is 4.59. The molecule has 1 aromatic carbocycles. The minimum absolute atomic E-state index is 0.0498. The summed E-state index contributed by atoms with van der Waals surface area (Å²) in [6.07, 6.45) is -1.05. The lowest BCUT2D eigenvalue weighted by molar-refractivity contribution is -0.00237. The summed E-state index contributed by atoms with van der Waals surface area (Å²) in [5.74, 6) is 0.178. The van der Waals surface area contributed by atoms with E-state index < -0.39 is 6.10 Å². The second kappa shape index (κ2) is 7.53. The molecule has 2 N–H and O–H groups in total. The van der Waals surface area contributed by atoms with Crippen LogP contribution < -0.4 is 0 Å². The normalized spacial score (nSPS) is 21.1. The number of phenolic OH excluding ortho intramolecular Hbond substituents is 1. The van der Waals surface area contributed by atoms with Crippen molar-refractivity contribution in [1.29, 1.82) is 0 Å². The third-order valence-electron chi connectivity index (χ3n) is 4.59. The lowest BCUT2D eigenvalue weighted by Gasteiger charge is -2.21. The summed E-state index contributed by atoms with van der Waals surface area (Å²) in [6.45, 7) is 11.1. The number of ether oxygens (including phenoxy) is 1. The molecule has 0 aliphatic carbocycles. The minimum atomic E-state index is -0.686. The van der Waals surface area contributed by atoms with Crippen LogP contribution in [0.5, 0.6) is 5.75 Å². The van der Waals surface area contributed by atoms with Gasteiger partial charge < -0.3 is 19.8 Å². The molecule has 5 heteroatoms. The first-order valence-corrected chi connectivity index (χ1v) is 8.71. The Kier molecular flexibility index (Phi) is 5.88. The van der Waals surface area contributed by atoms with E-state index in [-0.39, 0.29) is 36.1 Å². The molecule has 1 aliphatic rings. The number of hydrogen-bond donors (Lipinski definition) is 2. The fourth-order valence-corrected chi connectivity index (χ4v) is 3.09. The van der Waals surface area contributed by atoms with Crippen LogP contribution in [0.1, 0.15) is 67.9 Å². The summed E-state index contributed by atoms with van der Waals surface area (Å²) in [4.78, 5) is 14.5. The number of hydrogen-bond acceptors (Lipinski definition) is 4. The van der Waals surface area contributed by atoms with E-state index >= 15 is 0 Å². The van der Waals surface area contributed by atoms with Gasteiger partial charge in [0, 0.05) is 19.7 Å². The van der Waals surface area contributed by atoms with Gasteiger partial charge in [-0.15, -0.1) is 0 Å². The number of likely N-dealkylation sites (tertiary alicyclic amines) is 1. The van der Waals surface area contributed by atoms with E-state index in [0.717, 1.165) is 11.1 Å². The van der Waals surface area contributed by atoms with E-state index in [0.29, 0.717) is 18.7 Å². The van der Waals surface area contributed by atoms with Crippen LogP contribution in [0, 0.1) is 0 Å². The quantitative estimate of drug-likeness (QED) is 0.868. The molecule has 2 atom stereocenters. The number of aliphatic hydroxyl groups excluding tert-OH is 1. The van der Waals surface area contributed by atoms with Crippen molar-refractivity contribution in [2.45, 2.75) is 58.7 Å². The standard InChI is InChI=1S/C19H29NO4/c1-6-24-17-10-20(9-16(17)21)19(23)15-8-13(11(2)3)7-14(12(4)5)18(15)22/h7-8,11-12,16-17,21-22H,6,9-10H2,1-5H3/t16-,17-/m1/s1. The Morgan fingerprint density at radius 1 is 1.25 bits per heavy atom. The average Bonchev–Trinajstić information content (AvgIpc) is 2.88. The van der Waals surface area contributed by atoms with Crippen molar-refractivity contribution >= 4 is 5.91 Å². The highest BCUT2D eigenvalue weighted by atomic mass is 16.5. The highest BCUT2D eigenvalue weighted by Gasteiger charge is 2.36. The van der Waals surface area contributed by atoms with Gasteiger partial charge in [0.2, 0.25) is 0 Å². The van der Waals surface area contributed by atoms with Gasteiger partial charge in [0.1, 0.15) is 11.9 Å². The Morgan fingerprint density at radius 3 is 2.46 bits per heavy atom. The number of β-amino-alcohol motifs (C(OH)–C–C–N with tert-alkyl or cyclic N) is 1. The lowest BCUT2D eigenvalue weighted by Crippen LogP contribution is -2.30. The van der Waals surface area contributed by atoms with Crippen LogP contribution in [0.25, 0.3) is 0 Å². The zero-order valence-corrected chi connectivity index (χ0v) is 15.2. The number of amides is 1. The van der Waals surface area contributed by atoms with Gasteiger partial charge in [-0.25, -0.2) is 0 Å². The van der Waals surface area contributed by atoms with Gasteiger partial charge in [-0.3, -0.25) is 4.79 Å². The molecule has 0 radical (unpaired) electrons. The second-order valence-electron chi connectivity index (χ2n) is 7.09. The van der Waals surface area contributed by atoms with Crippen LogP contribution in [0.3, 0.4) is 0 Å². The SMILES string of the molecule is CCO[C@@H]1CN(C(=O)c2cc(C(C)C)cc(C(C)C)c2O)C[C@H]1O. The molecule has 0 bridgehead atoms. The zero-order chi connectivity index (χ0) is 18.0. The maximum atomic E-state index is 12.9. The largest absolute Gasteiger partial charge is 0.507 e. The van der Waals surface area contributed by atoms with Crippen LogP contribution in [0.15, 0.2) is 12.1 Å². The summed E-state index contributed by atoms with van der Waals surface area (Å²) in [5.41, 5.74) is 2.13. The summed E-state index contributed by atoms with van der Waals surface area (Å²) in [7, 11) is 0. The Balaban J connectivity index is 2.35. The number of nitrogens with zero attached hydrogens (tertiary/aromatic N) is 1. The van der Waals surface area contributed by atoms with Crippen molar-refractivity contribution in [3.05, 3.63) is 28.8 Å². The minimum Gasteiger partial charge on any atom is -0.507 e. The summed E-state index contributed by atoms with van der Waals surface area (Å²) in [6, 6.07) is 3.75. The van der Waals surface area contributed by atoms with E-state index in [1.165, 1.54) is 0 Å². The third kappa shape index (κ3) is 3.73. The Labute approximate surface area is 144 Å². The number of aromatic hydroxyl groups is 1. The predicted octanol–water partition coefficient (Wildman–Crippen LogP) is 2.86. The smallest absolute Gasteiger partial charge is 0.257 e. The van der Waals surface area contributed by atoms with Crippen molar-refractivity contribution in [1.82, 2.24) is 4.90 Å². The van der Waals surface area contributed by atoms with Gasteiger partial charge in [0.05, 0.1) is 11.7 Å². The average molecular weight is 335 g/mol. The molecule has 0 unspecified atom stereocenters. The maximum Gasteiger partial charge on any atom is 0.257 e. The number of rotatable bonds is 5. The van der Waals surface area contributed by atoms with E-state index in [1.807, 2.05) is 26.8 Å². The zero-order valence-electron chi connectivity index (χ0n) is 15.2. The van der Waals surface area contributed by atoms with Gasteiger partial charge in [-0.05, 0) is 36.0 Å². The van der Waals surface area contributed by atoms with Crippen molar-refractivity contribution in [3.8, 4) is 5.75 Å². The molecule has 1 aliphatic heterocycles. The van der Waals surface area contributed by atoms with Crippen molar-refractivity contribution in [3.63, 3.8) is 0 Å². The molecule has 1 aromatic rings. The molecule has 0 saturated carbocycles. The summed E-state index contributed by atoms with van der Waals surface area (Å²) >= 11 is 0. The van der Waals surface area contributed by atoms with Crippen LogP contribution in [0.4, 0.5) is 0 Å². The Hall–Kier alpha value is -1.59. The van der Waals surface area contributed by atoms with E-state index in [9.17, 15) is 15.0 Å².